The van der Waals surface area contributed by atoms with Crippen LogP contribution in [0, 0.1) is 0 Å². The van der Waals surface area contributed by atoms with E-state index in [-0.39, 0.29) is 12.1 Å². The smallest absolute Gasteiger partial charge is 0.343 e. The first-order valence-electron chi connectivity index (χ1n) is 8.50. The highest BCUT2D eigenvalue weighted by atomic mass is 16.5. The number of rotatable bonds is 6. The van der Waals surface area contributed by atoms with Gasteiger partial charge in [0.25, 0.3) is 0 Å². The molecule has 2 aromatic carbocycles. The molecule has 2 aromatic rings. The number of amides is 2. The third-order valence-corrected chi connectivity index (χ3v) is 3.55. The Labute approximate surface area is 153 Å². The molecule has 6 heteroatoms. The minimum absolute atomic E-state index is 0.0549. The first-order valence-corrected chi connectivity index (χ1v) is 8.50. The molecule has 0 saturated carbocycles. The second kappa shape index (κ2) is 8.89. The Balaban J connectivity index is 1.99. The van der Waals surface area contributed by atoms with Crippen molar-refractivity contribution in [3.05, 3.63) is 54.1 Å². The Morgan fingerprint density at radius 2 is 1.58 bits per heavy atom. The molecule has 0 atom stereocenters. The van der Waals surface area contributed by atoms with Crippen LogP contribution in [0.2, 0.25) is 0 Å². The summed E-state index contributed by atoms with van der Waals surface area (Å²) in [6.07, 6.45) is 0. The molecule has 0 heterocycles. The zero-order chi connectivity index (χ0) is 19.1. The Hall–Kier alpha value is -3.02. The molecule has 0 aliphatic rings. The molecule has 1 N–H and O–H groups in total. The molecule has 0 aliphatic carbocycles. The van der Waals surface area contributed by atoms with Crippen molar-refractivity contribution in [1.82, 2.24) is 5.32 Å². The summed E-state index contributed by atoms with van der Waals surface area (Å²) < 4.78 is 10.7. The van der Waals surface area contributed by atoms with Gasteiger partial charge in [-0.1, -0.05) is 0 Å². The molecule has 2 rings (SSSR count). The lowest BCUT2D eigenvalue weighted by Gasteiger charge is -2.20. The largest absolute Gasteiger partial charge is 0.494 e. The van der Waals surface area contributed by atoms with Gasteiger partial charge in [-0.2, -0.15) is 0 Å². The molecule has 0 saturated heterocycles. The van der Waals surface area contributed by atoms with Crippen LogP contribution in [0.25, 0.3) is 0 Å². The molecular formula is C20H24N2O4. The fourth-order valence-corrected chi connectivity index (χ4v) is 2.22. The number of ether oxygens (including phenoxy) is 2. The van der Waals surface area contributed by atoms with E-state index in [0.29, 0.717) is 29.4 Å². The zero-order valence-electron chi connectivity index (χ0n) is 15.5. The lowest BCUT2D eigenvalue weighted by atomic mass is 10.2. The number of hydrogen-bond acceptors (Lipinski definition) is 4. The van der Waals surface area contributed by atoms with Crippen molar-refractivity contribution in [3.8, 4) is 11.5 Å². The van der Waals surface area contributed by atoms with Gasteiger partial charge < -0.3 is 14.8 Å². The summed E-state index contributed by atoms with van der Waals surface area (Å²) in [6.45, 7) is 6.26. The van der Waals surface area contributed by atoms with Gasteiger partial charge in [-0.15, -0.1) is 0 Å². The van der Waals surface area contributed by atoms with E-state index in [4.69, 9.17) is 9.47 Å². The van der Waals surface area contributed by atoms with E-state index in [0.717, 1.165) is 0 Å². The average molecular weight is 356 g/mol. The van der Waals surface area contributed by atoms with Crippen LogP contribution < -0.4 is 19.7 Å². The summed E-state index contributed by atoms with van der Waals surface area (Å²) in [6, 6.07) is 13.4. The molecule has 6 nitrogen and oxygen atoms in total. The molecule has 0 aliphatic heterocycles. The summed E-state index contributed by atoms with van der Waals surface area (Å²) in [7, 11) is 1.68. The highest BCUT2D eigenvalue weighted by molar-refractivity contribution is 5.92. The number of hydrogen-bond donors (Lipinski definition) is 1. The van der Waals surface area contributed by atoms with Crippen molar-refractivity contribution in [2.45, 2.75) is 26.8 Å². The number of urea groups is 1. The minimum atomic E-state index is -0.452. The molecule has 0 fully saturated rings. The minimum Gasteiger partial charge on any atom is -0.494 e. The number of esters is 1. The molecule has 0 radical (unpaired) electrons. The van der Waals surface area contributed by atoms with Crippen LogP contribution in [-0.4, -0.2) is 31.7 Å². The van der Waals surface area contributed by atoms with Gasteiger partial charge in [-0.25, -0.2) is 9.59 Å². The molecule has 0 spiro atoms. The lowest BCUT2D eigenvalue weighted by Crippen LogP contribution is -2.40. The van der Waals surface area contributed by atoms with Crippen LogP contribution in [0.15, 0.2) is 48.5 Å². The fraction of sp³-hybridized carbons (Fsp3) is 0.300. The summed E-state index contributed by atoms with van der Waals surface area (Å²) >= 11 is 0. The predicted molar refractivity (Wildman–Crippen MR) is 101 cm³/mol. The predicted octanol–water partition coefficient (Wildman–Crippen LogP) is 3.86. The second-order valence-electron chi connectivity index (χ2n) is 6.00. The first kappa shape index (κ1) is 19.3. The number of anilines is 1. The number of nitrogens with zero attached hydrogens (tertiary/aromatic N) is 1. The summed E-state index contributed by atoms with van der Waals surface area (Å²) in [5.74, 6) is 0.660. The molecule has 2 amide bonds. The maximum absolute atomic E-state index is 12.2. The van der Waals surface area contributed by atoms with Gasteiger partial charge in [-0.3, -0.25) is 4.90 Å². The topological polar surface area (TPSA) is 67.9 Å². The van der Waals surface area contributed by atoms with Crippen molar-refractivity contribution < 1.29 is 19.1 Å². The third kappa shape index (κ3) is 5.24. The van der Waals surface area contributed by atoms with E-state index in [9.17, 15) is 9.59 Å². The Morgan fingerprint density at radius 3 is 2.12 bits per heavy atom. The van der Waals surface area contributed by atoms with Crippen LogP contribution in [0.5, 0.6) is 11.5 Å². The highest BCUT2D eigenvalue weighted by Crippen LogP contribution is 2.20. The Morgan fingerprint density at radius 1 is 1.00 bits per heavy atom. The van der Waals surface area contributed by atoms with E-state index in [1.54, 1.807) is 55.6 Å². The van der Waals surface area contributed by atoms with Gasteiger partial charge in [0.15, 0.2) is 0 Å². The second-order valence-corrected chi connectivity index (χ2v) is 6.00. The molecule has 0 unspecified atom stereocenters. The Kier molecular flexibility index (Phi) is 6.60. The quantitative estimate of drug-likeness (QED) is 0.630. The number of carbonyl (C=O) groups is 2. The standard InChI is InChI=1S/C20H24N2O4/c1-5-25-17-10-6-15(7-11-17)19(23)26-18-12-8-16(9-13-18)22(4)20(24)21-14(2)3/h6-14H,5H2,1-4H3,(H,21,24). The molecule has 138 valence electrons. The lowest BCUT2D eigenvalue weighted by molar-refractivity contribution is 0.0734. The van der Waals surface area contributed by atoms with Crippen molar-refractivity contribution in [1.29, 1.82) is 0 Å². The monoisotopic (exact) mass is 356 g/mol. The van der Waals surface area contributed by atoms with E-state index < -0.39 is 5.97 Å². The number of benzene rings is 2. The van der Waals surface area contributed by atoms with Crippen LogP contribution >= 0.6 is 0 Å². The summed E-state index contributed by atoms with van der Waals surface area (Å²) in [5.41, 5.74) is 1.13. The van der Waals surface area contributed by atoms with Crippen LogP contribution in [0.4, 0.5) is 10.5 Å². The SMILES string of the molecule is CCOc1ccc(C(=O)Oc2ccc(N(C)C(=O)NC(C)C)cc2)cc1. The molecular weight excluding hydrogens is 332 g/mol. The maximum Gasteiger partial charge on any atom is 0.343 e. The average Bonchev–Trinajstić information content (AvgIpc) is 2.62. The van der Waals surface area contributed by atoms with Gasteiger partial charge in [-0.05, 0) is 69.3 Å². The van der Waals surface area contributed by atoms with Gasteiger partial charge >= 0.3 is 12.0 Å². The molecule has 0 aromatic heterocycles. The van der Waals surface area contributed by atoms with Crippen LogP contribution in [-0.2, 0) is 0 Å². The van der Waals surface area contributed by atoms with E-state index in [1.165, 1.54) is 4.90 Å². The van der Waals surface area contributed by atoms with Crippen molar-refractivity contribution >= 4 is 17.7 Å². The normalized spacial score (nSPS) is 10.3. The molecule has 0 bridgehead atoms. The third-order valence-electron chi connectivity index (χ3n) is 3.55. The van der Waals surface area contributed by atoms with Gasteiger partial charge in [0.05, 0.1) is 12.2 Å². The summed E-state index contributed by atoms with van der Waals surface area (Å²) in [4.78, 5) is 25.7. The van der Waals surface area contributed by atoms with Crippen molar-refractivity contribution in [3.63, 3.8) is 0 Å². The van der Waals surface area contributed by atoms with Gasteiger partial charge in [0.2, 0.25) is 0 Å². The summed E-state index contributed by atoms with van der Waals surface area (Å²) in [5, 5.41) is 2.81. The Bertz CT molecular complexity index is 739. The van der Waals surface area contributed by atoms with Gasteiger partial charge in [0.1, 0.15) is 11.5 Å². The fourth-order valence-electron chi connectivity index (χ4n) is 2.22. The maximum atomic E-state index is 12.2. The van der Waals surface area contributed by atoms with Crippen molar-refractivity contribution in [2.75, 3.05) is 18.6 Å². The van der Waals surface area contributed by atoms with E-state index in [1.807, 2.05) is 20.8 Å². The van der Waals surface area contributed by atoms with E-state index in [2.05, 4.69) is 5.32 Å². The van der Waals surface area contributed by atoms with Gasteiger partial charge in [0, 0.05) is 18.8 Å². The zero-order valence-corrected chi connectivity index (χ0v) is 15.5. The number of nitrogens with one attached hydrogen (secondary N) is 1. The highest BCUT2D eigenvalue weighted by Gasteiger charge is 2.13. The molecule has 26 heavy (non-hydrogen) atoms. The van der Waals surface area contributed by atoms with Crippen molar-refractivity contribution in [2.24, 2.45) is 0 Å². The van der Waals surface area contributed by atoms with Crippen LogP contribution in [0.1, 0.15) is 31.1 Å². The first-order chi connectivity index (χ1) is 12.4. The van der Waals surface area contributed by atoms with E-state index >= 15 is 0 Å². The number of carbonyl (C=O) groups excluding carboxylic acids is 2. The van der Waals surface area contributed by atoms with Crippen LogP contribution in [0.3, 0.4) is 0 Å².